The van der Waals surface area contributed by atoms with Crippen LogP contribution in [0.2, 0.25) is 0 Å². The van der Waals surface area contributed by atoms with Crippen LogP contribution in [0.1, 0.15) is 27.6 Å². The van der Waals surface area contributed by atoms with E-state index in [-0.39, 0.29) is 6.61 Å². The summed E-state index contributed by atoms with van der Waals surface area (Å²) in [5.74, 6) is -1.17. The first-order valence-electron chi connectivity index (χ1n) is 8.34. The highest BCUT2D eigenvalue weighted by molar-refractivity contribution is 5.89. The Morgan fingerprint density at radius 3 is 2.08 bits per heavy atom. The lowest BCUT2D eigenvalue weighted by Crippen LogP contribution is -2.35. The molecule has 1 aliphatic heterocycles. The number of hydrogen-bond donors (Lipinski definition) is 0. The van der Waals surface area contributed by atoms with Crippen molar-refractivity contribution in [3.8, 4) is 0 Å². The highest BCUT2D eigenvalue weighted by atomic mass is 19.1. The number of carbonyl (C=O) groups excluding carboxylic acids is 2. The maximum absolute atomic E-state index is 14.6. The standard InChI is InChI=1S/C20H19FO5/c1-13-18(26-20(23)15-10-6-3-7-11-15)17(21)16(25-13)12-24-19(22)14-8-4-2-5-9-14/h2-11,13,16-18H,12H2,1H3/t13?,16-,17-,18+/m1/s1. The number of hydrogen-bond acceptors (Lipinski definition) is 5. The van der Waals surface area contributed by atoms with Gasteiger partial charge in [0.1, 0.15) is 12.7 Å². The van der Waals surface area contributed by atoms with Crippen LogP contribution in [0.15, 0.2) is 60.7 Å². The molecule has 6 heteroatoms. The van der Waals surface area contributed by atoms with Gasteiger partial charge in [-0.2, -0.15) is 0 Å². The van der Waals surface area contributed by atoms with Crippen LogP contribution in [-0.4, -0.2) is 43.0 Å². The zero-order valence-electron chi connectivity index (χ0n) is 14.2. The van der Waals surface area contributed by atoms with Crippen molar-refractivity contribution in [2.75, 3.05) is 6.61 Å². The number of esters is 2. The molecule has 26 heavy (non-hydrogen) atoms. The minimum absolute atomic E-state index is 0.251. The van der Waals surface area contributed by atoms with E-state index >= 15 is 0 Å². The Labute approximate surface area is 150 Å². The molecule has 0 saturated carbocycles. The van der Waals surface area contributed by atoms with Crippen LogP contribution in [-0.2, 0) is 14.2 Å². The average Bonchev–Trinajstić information content (AvgIpc) is 2.95. The van der Waals surface area contributed by atoms with Gasteiger partial charge in [0.15, 0.2) is 12.3 Å². The fraction of sp³-hybridized carbons (Fsp3) is 0.300. The summed E-state index contributed by atoms with van der Waals surface area (Å²) in [4.78, 5) is 24.1. The Hall–Kier alpha value is -2.73. The highest BCUT2D eigenvalue weighted by Crippen LogP contribution is 2.27. The fourth-order valence-corrected chi connectivity index (χ4v) is 2.77. The van der Waals surface area contributed by atoms with Gasteiger partial charge in [0, 0.05) is 0 Å². The van der Waals surface area contributed by atoms with Crippen molar-refractivity contribution in [1.82, 2.24) is 0 Å². The van der Waals surface area contributed by atoms with Gasteiger partial charge in [0.2, 0.25) is 0 Å². The average molecular weight is 358 g/mol. The van der Waals surface area contributed by atoms with E-state index in [1.54, 1.807) is 67.6 Å². The van der Waals surface area contributed by atoms with E-state index < -0.39 is 36.4 Å². The van der Waals surface area contributed by atoms with Crippen molar-refractivity contribution in [2.45, 2.75) is 31.4 Å². The third-order valence-electron chi connectivity index (χ3n) is 4.16. The van der Waals surface area contributed by atoms with Crippen molar-refractivity contribution >= 4 is 11.9 Å². The Bertz CT molecular complexity index is 749. The predicted octanol–water partition coefficient (Wildman–Crippen LogP) is 3.19. The molecule has 2 aromatic carbocycles. The van der Waals surface area contributed by atoms with E-state index in [4.69, 9.17) is 14.2 Å². The Kier molecular flexibility index (Phi) is 5.63. The number of halogens is 1. The van der Waals surface area contributed by atoms with Crippen LogP contribution >= 0.6 is 0 Å². The molecule has 0 aromatic heterocycles. The van der Waals surface area contributed by atoms with Gasteiger partial charge in [-0.3, -0.25) is 0 Å². The van der Waals surface area contributed by atoms with E-state index in [9.17, 15) is 14.0 Å². The van der Waals surface area contributed by atoms with Gasteiger partial charge in [-0.05, 0) is 31.2 Å². The number of alkyl halides is 1. The topological polar surface area (TPSA) is 61.8 Å². The smallest absolute Gasteiger partial charge is 0.338 e. The molecule has 0 bridgehead atoms. The first kappa shape index (κ1) is 18.1. The number of ether oxygens (including phenoxy) is 3. The van der Waals surface area contributed by atoms with Crippen molar-refractivity contribution in [3.63, 3.8) is 0 Å². The van der Waals surface area contributed by atoms with Crippen molar-refractivity contribution in [1.29, 1.82) is 0 Å². The number of benzene rings is 2. The molecule has 136 valence electrons. The molecule has 5 nitrogen and oxygen atoms in total. The lowest BCUT2D eigenvalue weighted by Gasteiger charge is -2.17. The molecule has 2 aromatic rings. The lowest BCUT2D eigenvalue weighted by atomic mass is 10.1. The van der Waals surface area contributed by atoms with Gasteiger partial charge in [-0.15, -0.1) is 0 Å². The molecule has 1 fully saturated rings. The lowest BCUT2D eigenvalue weighted by molar-refractivity contribution is -0.0217. The SMILES string of the molecule is CC1O[C@H](COC(=O)c2ccccc2)[C@@H](F)[C@H]1OC(=O)c1ccccc1. The first-order chi connectivity index (χ1) is 12.6. The van der Waals surface area contributed by atoms with Gasteiger partial charge in [0.05, 0.1) is 17.2 Å². The van der Waals surface area contributed by atoms with Gasteiger partial charge in [-0.1, -0.05) is 36.4 Å². The molecule has 0 spiro atoms. The number of carbonyl (C=O) groups is 2. The first-order valence-corrected chi connectivity index (χ1v) is 8.34. The summed E-state index contributed by atoms with van der Waals surface area (Å²) in [5, 5.41) is 0. The van der Waals surface area contributed by atoms with Crippen LogP contribution in [0, 0.1) is 0 Å². The Morgan fingerprint density at radius 2 is 1.50 bits per heavy atom. The van der Waals surface area contributed by atoms with Crippen LogP contribution in [0.3, 0.4) is 0 Å². The summed E-state index contributed by atoms with van der Waals surface area (Å²) in [7, 11) is 0. The normalized spacial score (nSPS) is 24.8. The molecular weight excluding hydrogens is 339 g/mol. The van der Waals surface area contributed by atoms with E-state index in [0.29, 0.717) is 11.1 Å². The molecule has 1 aliphatic rings. The molecule has 0 N–H and O–H groups in total. The van der Waals surface area contributed by atoms with Crippen LogP contribution in [0.25, 0.3) is 0 Å². The molecule has 0 aliphatic carbocycles. The molecule has 1 saturated heterocycles. The van der Waals surface area contributed by atoms with E-state index in [1.807, 2.05) is 0 Å². The third-order valence-corrected chi connectivity index (χ3v) is 4.16. The van der Waals surface area contributed by atoms with E-state index in [0.717, 1.165) is 0 Å². The minimum Gasteiger partial charge on any atom is -0.459 e. The minimum atomic E-state index is -1.58. The molecule has 1 heterocycles. The second-order valence-electron chi connectivity index (χ2n) is 6.02. The Balaban J connectivity index is 1.56. The quantitative estimate of drug-likeness (QED) is 0.768. The summed E-state index contributed by atoms with van der Waals surface area (Å²) in [5.41, 5.74) is 0.715. The van der Waals surface area contributed by atoms with Crippen LogP contribution < -0.4 is 0 Å². The molecule has 1 unspecified atom stereocenters. The third kappa shape index (κ3) is 4.08. The van der Waals surface area contributed by atoms with Gasteiger partial charge >= 0.3 is 11.9 Å². The maximum atomic E-state index is 14.6. The van der Waals surface area contributed by atoms with Crippen molar-refractivity contribution < 1.29 is 28.2 Å². The maximum Gasteiger partial charge on any atom is 0.338 e. The van der Waals surface area contributed by atoms with Gasteiger partial charge < -0.3 is 14.2 Å². The predicted molar refractivity (Wildman–Crippen MR) is 91.6 cm³/mol. The molecular formula is C20H19FO5. The zero-order valence-corrected chi connectivity index (χ0v) is 14.2. The Morgan fingerprint density at radius 1 is 0.962 bits per heavy atom. The van der Waals surface area contributed by atoms with E-state index in [2.05, 4.69) is 0 Å². The van der Waals surface area contributed by atoms with Crippen molar-refractivity contribution in [3.05, 3.63) is 71.8 Å². The monoisotopic (exact) mass is 358 g/mol. The summed E-state index contributed by atoms with van der Waals surface area (Å²) >= 11 is 0. The summed E-state index contributed by atoms with van der Waals surface area (Å²) in [6.07, 6.45) is -4.26. The highest BCUT2D eigenvalue weighted by Gasteiger charge is 2.46. The summed E-state index contributed by atoms with van der Waals surface area (Å²) in [6, 6.07) is 16.8. The van der Waals surface area contributed by atoms with Crippen LogP contribution in [0.4, 0.5) is 4.39 Å². The largest absolute Gasteiger partial charge is 0.459 e. The molecule has 4 atom stereocenters. The zero-order chi connectivity index (χ0) is 18.5. The summed E-state index contributed by atoms with van der Waals surface area (Å²) < 4.78 is 30.5. The molecule has 0 radical (unpaired) electrons. The molecule has 3 rings (SSSR count). The van der Waals surface area contributed by atoms with Crippen molar-refractivity contribution in [2.24, 2.45) is 0 Å². The second-order valence-corrected chi connectivity index (χ2v) is 6.02. The molecule has 0 amide bonds. The van der Waals surface area contributed by atoms with Crippen LogP contribution in [0.5, 0.6) is 0 Å². The fourth-order valence-electron chi connectivity index (χ4n) is 2.77. The second kappa shape index (κ2) is 8.10. The van der Waals surface area contributed by atoms with Gasteiger partial charge in [0.25, 0.3) is 0 Å². The summed E-state index contributed by atoms with van der Waals surface area (Å²) in [6.45, 7) is 1.37. The van der Waals surface area contributed by atoms with Gasteiger partial charge in [-0.25, -0.2) is 14.0 Å². The van der Waals surface area contributed by atoms with E-state index in [1.165, 1.54) is 0 Å². The number of rotatable bonds is 5.